The van der Waals surface area contributed by atoms with E-state index in [4.69, 9.17) is 10.3 Å². The summed E-state index contributed by atoms with van der Waals surface area (Å²) < 4.78 is 18.5. The normalized spacial score (nSPS) is 12.6. The third-order valence-corrected chi connectivity index (χ3v) is 3.56. The predicted molar refractivity (Wildman–Crippen MR) is 72.2 cm³/mol. The van der Waals surface area contributed by atoms with Crippen LogP contribution in [0.25, 0.3) is 0 Å². The van der Waals surface area contributed by atoms with Gasteiger partial charge in [-0.25, -0.2) is 4.39 Å². The van der Waals surface area contributed by atoms with Gasteiger partial charge in [0, 0.05) is 17.4 Å². The molecule has 0 bridgehead atoms. The molecule has 0 fully saturated rings. The molecule has 19 heavy (non-hydrogen) atoms. The summed E-state index contributed by atoms with van der Waals surface area (Å²) in [4.78, 5) is 4.84. The number of nitrogens with two attached hydrogens (primary N) is 1. The van der Waals surface area contributed by atoms with Crippen LogP contribution >= 0.6 is 11.8 Å². The predicted octanol–water partition coefficient (Wildman–Crippen LogP) is 2.78. The Labute approximate surface area is 115 Å². The molecule has 2 rings (SSSR count). The van der Waals surface area contributed by atoms with E-state index in [1.54, 1.807) is 18.2 Å². The van der Waals surface area contributed by atoms with Crippen LogP contribution in [0.5, 0.6) is 0 Å². The first kappa shape index (κ1) is 14.0. The molecule has 0 aliphatic carbocycles. The summed E-state index contributed by atoms with van der Waals surface area (Å²) in [6.45, 7) is 1.94. The van der Waals surface area contributed by atoms with Crippen molar-refractivity contribution in [2.75, 3.05) is 0 Å². The third kappa shape index (κ3) is 4.33. The quantitative estimate of drug-likeness (QED) is 0.825. The zero-order valence-corrected chi connectivity index (χ0v) is 11.5. The molecule has 2 aromatic rings. The number of nitrogens with zero attached hydrogens (tertiary/aromatic N) is 2. The number of hydrogen-bond acceptors (Lipinski definition) is 5. The van der Waals surface area contributed by atoms with E-state index >= 15 is 0 Å². The molecule has 1 aromatic carbocycles. The summed E-state index contributed by atoms with van der Waals surface area (Å²) in [6, 6.07) is 6.75. The van der Waals surface area contributed by atoms with Crippen molar-refractivity contribution < 1.29 is 8.91 Å². The highest BCUT2D eigenvalue weighted by Crippen LogP contribution is 2.24. The molecule has 1 heterocycles. The number of rotatable bonds is 6. The van der Waals surface area contributed by atoms with Gasteiger partial charge in [0.25, 0.3) is 0 Å². The molecule has 1 unspecified atom stereocenters. The molecule has 2 N–H and O–H groups in total. The van der Waals surface area contributed by atoms with Gasteiger partial charge in [-0.1, -0.05) is 17.3 Å². The summed E-state index contributed by atoms with van der Waals surface area (Å²) in [5.41, 5.74) is 5.66. The highest BCUT2D eigenvalue weighted by atomic mass is 32.2. The minimum atomic E-state index is -0.229. The molecule has 0 radical (unpaired) electrons. The third-order valence-electron chi connectivity index (χ3n) is 2.52. The SMILES string of the molecule is CC(N)CCc1nc(CSc2ccccc2F)no1. The lowest BCUT2D eigenvalue weighted by Gasteiger charge is -2.00. The molecule has 102 valence electrons. The van der Waals surface area contributed by atoms with Crippen molar-refractivity contribution in [3.63, 3.8) is 0 Å². The van der Waals surface area contributed by atoms with Gasteiger partial charge in [0.2, 0.25) is 5.89 Å². The van der Waals surface area contributed by atoms with Crippen LogP contribution in [-0.4, -0.2) is 16.2 Å². The summed E-state index contributed by atoms with van der Waals surface area (Å²) in [5.74, 6) is 1.42. The highest BCUT2D eigenvalue weighted by molar-refractivity contribution is 7.98. The van der Waals surface area contributed by atoms with E-state index in [0.717, 1.165) is 6.42 Å². The molecule has 1 atom stereocenters. The lowest BCUT2D eigenvalue weighted by molar-refractivity contribution is 0.368. The van der Waals surface area contributed by atoms with E-state index < -0.39 is 0 Å². The van der Waals surface area contributed by atoms with Gasteiger partial charge in [-0.15, -0.1) is 11.8 Å². The maximum Gasteiger partial charge on any atom is 0.226 e. The molecular weight excluding hydrogens is 265 g/mol. The monoisotopic (exact) mass is 281 g/mol. The van der Waals surface area contributed by atoms with Crippen LogP contribution < -0.4 is 5.73 Å². The van der Waals surface area contributed by atoms with Gasteiger partial charge >= 0.3 is 0 Å². The van der Waals surface area contributed by atoms with E-state index in [9.17, 15) is 4.39 Å². The van der Waals surface area contributed by atoms with Crippen LogP contribution in [-0.2, 0) is 12.2 Å². The topological polar surface area (TPSA) is 64.9 Å². The second-order valence-electron chi connectivity index (χ2n) is 4.34. The van der Waals surface area contributed by atoms with E-state index in [-0.39, 0.29) is 11.9 Å². The Kier molecular flexibility index (Phi) is 4.93. The van der Waals surface area contributed by atoms with Crippen molar-refractivity contribution in [1.82, 2.24) is 10.1 Å². The number of hydrogen-bond donors (Lipinski definition) is 1. The van der Waals surface area contributed by atoms with Crippen molar-refractivity contribution in [3.05, 3.63) is 41.8 Å². The Balaban J connectivity index is 1.88. The minimum Gasteiger partial charge on any atom is -0.339 e. The molecule has 0 saturated heterocycles. The summed E-state index contributed by atoms with van der Waals surface area (Å²) >= 11 is 1.35. The minimum absolute atomic E-state index is 0.114. The fraction of sp³-hybridized carbons (Fsp3) is 0.385. The van der Waals surface area contributed by atoms with Gasteiger partial charge in [0.1, 0.15) is 5.82 Å². The molecule has 0 saturated carbocycles. The zero-order valence-electron chi connectivity index (χ0n) is 10.7. The van der Waals surface area contributed by atoms with Crippen LogP contribution in [0.15, 0.2) is 33.7 Å². The number of aryl methyl sites for hydroxylation is 1. The lowest BCUT2D eigenvalue weighted by atomic mass is 10.2. The van der Waals surface area contributed by atoms with Gasteiger partial charge in [-0.3, -0.25) is 0 Å². The van der Waals surface area contributed by atoms with E-state index in [1.807, 2.05) is 6.92 Å². The molecule has 6 heteroatoms. The molecule has 0 aliphatic heterocycles. The average molecular weight is 281 g/mol. The smallest absolute Gasteiger partial charge is 0.226 e. The van der Waals surface area contributed by atoms with Crippen LogP contribution in [0.2, 0.25) is 0 Å². The Morgan fingerprint density at radius 2 is 2.21 bits per heavy atom. The largest absolute Gasteiger partial charge is 0.339 e. The first-order valence-electron chi connectivity index (χ1n) is 6.09. The Bertz CT molecular complexity index is 530. The first-order valence-corrected chi connectivity index (χ1v) is 7.08. The fourth-order valence-corrected chi connectivity index (χ4v) is 2.29. The van der Waals surface area contributed by atoms with E-state index in [0.29, 0.717) is 28.8 Å². The van der Waals surface area contributed by atoms with E-state index in [2.05, 4.69) is 10.1 Å². The van der Waals surface area contributed by atoms with Crippen molar-refractivity contribution in [2.45, 2.75) is 36.5 Å². The fourth-order valence-electron chi connectivity index (χ4n) is 1.51. The van der Waals surface area contributed by atoms with Gasteiger partial charge in [0.05, 0.1) is 5.75 Å². The van der Waals surface area contributed by atoms with Crippen LogP contribution in [0.4, 0.5) is 4.39 Å². The maximum atomic E-state index is 13.4. The van der Waals surface area contributed by atoms with Gasteiger partial charge < -0.3 is 10.3 Å². The molecule has 0 spiro atoms. The summed E-state index contributed by atoms with van der Waals surface area (Å²) in [7, 11) is 0. The second kappa shape index (κ2) is 6.68. The zero-order chi connectivity index (χ0) is 13.7. The van der Waals surface area contributed by atoms with E-state index in [1.165, 1.54) is 17.8 Å². The second-order valence-corrected chi connectivity index (χ2v) is 5.36. The Morgan fingerprint density at radius 3 is 2.95 bits per heavy atom. The van der Waals surface area contributed by atoms with Crippen molar-refractivity contribution >= 4 is 11.8 Å². The van der Waals surface area contributed by atoms with Crippen molar-refractivity contribution in [3.8, 4) is 0 Å². The average Bonchev–Trinajstić information content (AvgIpc) is 2.83. The summed E-state index contributed by atoms with van der Waals surface area (Å²) in [6.07, 6.45) is 1.48. The number of halogens is 1. The van der Waals surface area contributed by atoms with Crippen molar-refractivity contribution in [2.24, 2.45) is 5.73 Å². The number of benzene rings is 1. The van der Waals surface area contributed by atoms with Gasteiger partial charge in [-0.2, -0.15) is 4.98 Å². The lowest BCUT2D eigenvalue weighted by Crippen LogP contribution is -2.15. The van der Waals surface area contributed by atoms with Gasteiger partial charge in [0.15, 0.2) is 5.82 Å². The molecular formula is C13H16FN3OS. The molecule has 0 amide bonds. The number of thioether (sulfide) groups is 1. The number of aromatic nitrogens is 2. The van der Waals surface area contributed by atoms with Crippen molar-refractivity contribution in [1.29, 1.82) is 0 Å². The summed E-state index contributed by atoms with van der Waals surface area (Å²) in [5, 5.41) is 3.87. The van der Waals surface area contributed by atoms with Crippen LogP contribution in [0.1, 0.15) is 25.1 Å². The van der Waals surface area contributed by atoms with Crippen LogP contribution in [0, 0.1) is 5.82 Å². The standard InChI is InChI=1S/C13H16FN3OS/c1-9(15)6-7-13-16-12(17-18-13)8-19-11-5-3-2-4-10(11)14/h2-5,9H,6-8,15H2,1H3. The van der Waals surface area contributed by atoms with Gasteiger partial charge in [-0.05, 0) is 25.5 Å². The molecule has 4 nitrogen and oxygen atoms in total. The Hall–Kier alpha value is -1.40. The molecule has 1 aromatic heterocycles. The Morgan fingerprint density at radius 1 is 1.42 bits per heavy atom. The molecule has 0 aliphatic rings. The maximum absolute atomic E-state index is 13.4. The highest BCUT2D eigenvalue weighted by Gasteiger charge is 2.09. The first-order chi connectivity index (χ1) is 9.15. The van der Waals surface area contributed by atoms with Crippen LogP contribution in [0.3, 0.4) is 0 Å².